The summed E-state index contributed by atoms with van der Waals surface area (Å²) in [5.74, 6) is -0.344. The van der Waals surface area contributed by atoms with Gasteiger partial charge in [-0.15, -0.1) is 0 Å². The molecule has 0 aromatic heterocycles. The molecule has 0 unspecified atom stereocenters. The first-order valence-corrected chi connectivity index (χ1v) is 8.93. The Bertz CT molecular complexity index is 837. The van der Waals surface area contributed by atoms with Crippen molar-refractivity contribution in [2.24, 2.45) is 0 Å². The third-order valence-electron chi connectivity index (χ3n) is 5.64. The topological polar surface area (TPSA) is 58.6 Å². The summed E-state index contributed by atoms with van der Waals surface area (Å²) in [4.78, 5) is 27.3. The Morgan fingerprint density at radius 3 is 2.42 bits per heavy atom. The normalized spacial score (nSPS) is 23.7. The molecule has 3 aliphatic heterocycles. The zero-order valence-corrected chi connectivity index (χ0v) is 14.8. The van der Waals surface area contributed by atoms with E-state index in [9.17, 15) is 9.59 Å². The molecule has 1 amide bonds. The second-order valence-corrected chi connectivity index (χ2v) is 7.04. The summed E-state index contributed by atoms with van der Waals surface area (Å²) in [7, 11) is 1.35. The number of anilines is 1. The summed E-state index contributed by atoms with van der Waals surface area (Å²) in [5.41, 5.74) is 3.09. The lowest BCUT2D eigenvalue weighted by Crippen LogP contribution is -2.47. The van der Waals surface area contributed by atoms with Crippen LogP contribution in [0.3, 0.4) is 0 Å². The van der Waals surface area contributed by atoms with E-state index in [0.717, 1.165) is 38.0 Å². The van der Waals surface area contributed by atoms with Crippen molar-refractivity contribution in [2.75, 3.05) is 25.5 Å². The van der Waals surface area contributed by atoms with E-state index in [4.69, 9.17) is 4.74 Å². The zero-order valence-electron chi connectivity index (χ0n) is 14.8. The lowest BCUT2D eigenvalue weighted by molar-refractivity contribution is -0.123. The summed E-state index contributed by atoms with van der Waals surface area (Å²) < 4.78 is 4.71. The van der Waals surface area contributed by atoms with Crippen LogP contribution in [0.15, 0.2) is 48.5 Å². The Morgan fingerprint density at radius 2 is 1.73 bits per heavy atom. The first-order valence-electron chi connectivity index (χ1n) is 8.93. The molecule has 2 aromatic carbocycles. The molecule has 1 N–H and O–H groups in total. The van der Waals surface area contributed by atoms with E-state index in [-0.39, 0.29) is 11.9 Å². The number of hydrogen-bond acceptors (Lipinski definition) is 4. The highest BCUT2D eigenvalue weighted by Gasteiger charge is 2.46. The number of esters is 1. The molecule has 134 valence electrons. The Kier molecular flexibility index (Phi) is 4.24. The number of hydrogen-bond donors (Lipinski definition) is 1. The lowest BCUT2D eigenvalue weighted by atomic mass is 9.72. The van der Waals surface area contributed by atoms with Crippen molar-refractivity contribution in [3.8, 4) is 0 Å². The van der Waals surface area contributed by atoms with Gasteiger partial charge in [-0.2, -0.15) is 0 Å². The average molecular weight is 350 g/mol. The van der Waals surface area contributed by atoms with Gasteiger partial charge in [0.05, 0.1) is 18.1 Å². The van der Waals surface area contributed by atoms with Crippen molar-refractivity contribution in [2.45, 2.75) is 24.8 Å². The van der Waals surface area contributed by atoms with Crippen molar-refractivity contribution in [1.82, 2.24) is 4.90 Å². The molecule has 0 radical (unpaired) electrons. The summed E-state index contributed by atoms with van der Waals surface area (Å²) in [6.45, 7) is 2.78. The maximum absolute atomic E-state index is 13.3. The van der Waals surface area contributed by atoms with Gasteiger partial charge in [0.2, 0.25) is 5.91 Å². The monoisotopic (exact) mass is 350 g/mol. The van der Waals surface area contributed by atoms with E-state index in [2.05, 4.69) is 22.3 Å². The van der Waals surface area contributed by atoms with Crippen molar-refractivity contribution >= 4 is 17.6 Å². The van der Waals surface area contributed by atoms with Gasteiger partial charge in [0.1, 0.15) is 0 Å². The summed E-state index contributed by atoms with van der Waals surface area (Å²) >= 11 is 0. The number of fused-ring (bicyclic) bond motifs is 2. The van der Waals surface area contributed by atoms with Gasteiger partial charge in [-0.25, -0.2) is 4.79 Å². The second kappa shape index (κ2) is 6.57. The van der Waals surface area contributed by atoms with Crippen LogP contribution >= 0.6 is 0 Å². The van der Waals surface area contributed by atoms with Crippen LogP contribution in [0.1, 0.15) is 34.3 Å². The van der Waals surface area contributed by atoms with E-state index < -0.39 is 5.41 Å². The molecule has 2 bridgehead atoms. The molecule has 0 atom stereocenters. The van der Waals surface area contributed by atoms with Crippen LogP contribution in [0.25, 0.3) is 0 Å². The number of carbonyl (C=O) groups is 2. The molecule has 5 nitrogen and oxygen atoms in total. The van der Waals surface area contributed by atoms with Crippen molar-refractivity contribution in [1.29, 1.82) is 0 Å². The number of methoxy groups -OCH3 is 1. The van der Waals surface area contributed by atoms with Crippen LogP contribution in [0.4, 0.5) is 5.69 Å². The molecule has 2 aromatic rings. The molecular formula is C21H22N2O3. The Morgan fingerprint density at radius 1 is 1.04 bits per heavy atom. The Labute approximate surface area is 153 Å². The SMILES string of the molecule is COC(=O)c1ccc(NC(=O)C23CCN(CC2)Cc2ccccc23)cc1. The zero-order chi connectivity index (χ0) is 18.1. The maximum Gasteiger partial charge on any atom is 0.337 e. The van der Waals surface area contributed by atoms with Crippen molar-refractivity contribution < 1.29 is 14.3 Å². The summed E-state index contributed by atoms with van der Waals surface area (Å²) in [6.07, 6.45) is 1.66. The smallest absolute Gasteiger partial charge is 0.337 e. The number of benzene rings is 2. The van der Waals surface area contributed by atoms with Crippen molar-refractivity contribution in [3.05, 3.63) is 65.2 Å². The number of amides is 1. The van der Waals surface area contributed by atoms with Gasteiger partial charge in [0.25, 0.3) is 0 Å². The highest BCUT2D eigenvalue weighted by atomic mass is 16.5. The van der Waals surface area contributed by atoms with Crippen LogP contribution in [0, 0.1) is 0 Å². The Balaban J connectivity index is 1.62. The first kappa shape index (κ1) is 16.8. The molecule has 3 heterocycles. The predicted molar refractivity (Wildman–Crippen MR) is 99.0 cm³/mol. The second-order valence-electron chi connectivity index (χ2n) is 7.04. The van der Waals surface area contributed by atoms with Crippen molar-refractivity contribution in [3.63, 3.8) is 0 Å². The summed E-state index contributed by atoms with van der Waals surface area (Å²) in [6, 6.07) is 15.1. The minimum atomic E-state index is -0.482. The molecule has 3 aliphatic rings. The molecule has 5 heteroatoms. The molecule has 1 saturated heterocycles. The lowest BCUT2D eigenvalue weighted by Gasteiger charge is -2.37. The Hall–Kier alpha value is -2.66. The van der Waals surface area contributed by atoms with Gasteiger partial charge in [0, 0.05) is 12.2 Å². The third kappa shape index (κ3) is 2.78. The fourth-order valence-electron chi connectivity index (χ4n) is 4.14. The minimum Gasteiger partial charge on any atom is -0.465 e. The molecule has 0 saturated carbocycles. The fraction of sp³-hybridized carbons (Fsp3) is 0.333. The number of nitrogens with one attached hydrogen (secondary N) is 1. The van der Waals surface area contributed by atoms with Crippen LogP contribution in [0.2, 0.25) is 0 Å². The minimum absolute atomic E-state index is 0.0392. The number of piperidine rings is 1. The largest absolute Gasteiger partial charge is 0.465 e. The van der Waals surface area contributed by atoms with E-state index in [1.807, 2.05) is 12.1 Å². The number of nitrogens with zero attached hydrogens (tertiary/aromatic N) is 1. The predicted octanol–water partition coefficient (Wildman–Crippen LogP) is 2.96. The van der Waals surface area contributed by atoms with Crippen LogP contribution in [-0.4, -0.2) is 37.0 Å². The molecular weight excluding hydrogens is 328 g/mol. The summed E-state index contributed by atoms with van der Waals surface area (Å²) in [5, 5.41) is 3.07. The molecule has 0 aliphatic carbocycles. The van der Waals surface area contributed by atoms with E-state index in [1.165, 1.54) is 12.7 Å². The van der Waals surface area contributed by atoms with Crippen LogP contribution in [-0.2, 0) is 21.5 Å². The maximum atomic E-state index is 13.3. The van der Waals surface area contributed by atoms with Gasteiger partial charge in [-0.1, -0.05) is 24.3 Å². The fourth-order valence-corrected chi connectivity index (χ4v) is 4.14. The molecule has 5 rings (SSSR count). The first-order chi connectivity index (χ1) is 12.6. The number of ether oxygens (including phenoxy) is 1. The van der Waals surface area contributed by atoms with Gasteiger partial charge in [-0.3, -0.25) is 9.69 Å². The highest BCUT2D eigenvalue weighted by Crippen LogP contribution is 2.42. The number of rotatable bonds is 3. The molecule has 0 spiro atoms. The van der Waals surface area contributed by atoms with E-state index >= 15 is 0 Å². The van der Waals surface area contributed by atoms with E-state index in [1.54, 1.807) is 24.3 Å². The van der Waals surface area contributed by atoms with Crippen LogP contribution < -0.4 is 5.32 Å². The van der Waals surface area contributed by atoms with Crippen LogP contribution in [0.5, 0.6) is 0 Å². The van der Waals surface area contributed by atoms with E-state index in [0.29, 0.717) is 11.3 Å². The van der Waals surface area contributed by atoms with Gasteiger partial charge >= 0.3 is 5.97 Å². The van der Waals surface area contributed by atoms with Gasteiger partial charge in [0.15, 0.2) is 0 Å². The quantitative estimate of drug-likeness (QED) is 0.865. The third-order valence-corrected chi connectivity index (χ3v) is 5.64. The number of carbonyl (C=O) groups excluding carboxylic acids is 2. The van der Waals surface area contributed by atoms with Gasteiger partial charge < -0.3 is 10.1 Å². The average Bonchev–Trinajstić information content (AvgIpc) is 2.95. The highest BCUT2D eigenvalue weighted by molar-refractivity contribution is 6.00. The standard InChI is InChI=1S/C21H22N2O3/c1-26-19(24)15-6-8-17(9-7-15)22-20(25)21-10-12-23(13-11-21)14-16-4-2-3-5-18(16)21/h2-9H,10-14H2,1H3,(H,22,25). The van der Waals surface area contributed by atoms with Gasteiger partial charge in [-0.05, 0) is 61.3 Å². The molecule has 1 fully saturated rings. The molecule has 26 heavy (non-hydrogen) atoms.